The average molecular weight is 413 g/mol. The fourth-order valence-corrected chi connectivity index (χ4v) is 4.46. The summed E-state index contributed by atoms with van der Waals surface area (Å²) in [5.74, 6) is -1.28. The van der Waals surface area contributed by atoms with E-state index in [0.717, 1.165) is 5.69 Å². The molecule has 3 rings (SSSR count). The Labute approximate surface area is 164 Å². The molecule has 1 atom stereocenters. The van der Waals surface area contributed by atoms with Crippen LogP contribution in [0.4, 0.5) is 14.5 Å². The van der Waals surface area contributed by atoms with E-state index in [2.05, 4.69) is 4.90 Å². The molecule has 0 aromatic heterocycles. The van der Waals surface area contributed by atoms with E-state index in [0.29, 0.717) is 26.2 Å². The van der Waals surface area contributed by atoms with Crippen LogP contribution in [0.1, 0.15) is 5.56 Å². The van der Waals surface area contributed by atoms with Crippen LogP contribution in [-0.4, -0.2) is 46.9 Å². The first-order valence-corrected chi connectivity index (χ1v) is 10.4. The number of nitrogens with zero attached hydrogens (tertiary/aromatic N) is 2. The van der Waals surface area contributed by atoms with Gasteiger partial charge in [-0.05, 0) is 36.4 Å². The fourth-order valence-electron chi connectivity index (χ4n) is 2.98. The van der Waals surface area contributed by atoms with Crippen molar-refractivity contribution >= 4 is 34.0 Å². The average Bonchev–Trinajstić information content (AvgIpc) is 2.65. The van der Waals surface area contributed by atoms with Crippen LogP contribution in [0.5, 0.6) is 0 Å². The van der Waals surface area contributed by atoms with Gasteiger partial charge in [-0.25, -0.2) is 8.78 Å². The molecular formula is C19H19ClF2N2O2S. The number of rotatable bonds is 5. The van der Waals surface area contributed by atoms with Crippen molar-refractivity contribution in [3.05, 3.63) is 64.7 Å². The van der Waals surface area contributed by atoms with Gasteiger partial charge in [0.25, 0.3) is 0 Å². The van der Waals surface area contributed by atoms with Crippen molar-refractivity contribution in [1.82, 2.24) is 4.90 Å². The number of carbonyl (C=O) groups excluding carboxylic acids is 1. The van der Waals surface area contributed by atoms with Gasteiger partial charge in [-0.2, -0.15) is 0 Å². The van der Waals surface area contributed by atoms with Crippen molar-refractivity contribution in [3.63, 3.8) is 0 Å². The van der Waals surface area contributed by atoms with Gasteiger partial charge in [0.2, 0.25) is 5.91 Å². The van der Waals surface area contributed by atoms with Crippen molar-refractivity contribution < 1.29 is 17.8 Å². The lowest BCUT2D eigenvalue weighted by atomic mass is 10.2. The summed E-state index contributed by atoms with van der Waals surface area (Å²) < 4.78 is 39.1. The van der Waals surface area contributed by atoms with Crippen molar-refractivity contribution in [3.8, 4) is 0 Å². The molecule has 4 nitrogen and oxygen atoms in total. The molecule has 0 spiro atoms. The lowest BCUT2D eigenvalue weighted by Crippen LogP contribution is -2.50. The monoisotopic (exact) mass is 412 g/mol. The number of hydrogen-bond acceptors (Lipinski definition) is 3. The summed E-state index contributed by atoms with van der Waals surface area (Å²) in [5.41, 5.74) is 1.08. The molecule has 27 heavy (non-hydrogen) atoms. The van der Waals surface area contributed by atoms with E-state index >= 15 is 0 Å². The third-order valence-electron chi connectivity index (χ3n) is 4.48. The Hall–Kier alpha value is -1.99. The molecule has 0 aliphatic carbocycles. The molecule has 0 bridgehead atoms. The molecule has 1 fully saturated rings. The number of benzene rings is 2. The third kappa shape index (κ3) is 5.05. The molecule has 2 aromatic rings. The molecule has 0 saturated carbocycles. The first-order valence-electron chi connectivity index (χ1n) is 8.50. The van der Waals surface area contributed by atoms with E-state index in [1.807, 2.05) is 0 Å². The Kier molecular flexibility index (Phi) is 6.44. The van der Waals surface area contributed by atoms with E-state index in [9.17, 15) is 17.8 Å². The zero-order valence-corrected chi connectivity index (χ0v) is 16.1. The maximum absolute atomic E-state index is 13.8. The molecular weight excluding hydrogens is 394 g/mol. The number of hydrogen-bond donors (Lipinski definition) is 0. The highest BCUT2D eigenvalue weighted by atomic mass is 35.5. The Bertz CT molecular complexity index is 820. The molecule has 0 radical (unpaired) electrons. The largest absolute Gasteiger partial charge is 0.368 e. The van der Waals surface area contributed by atoms with Gasteiger partial charge in [0, 0.05) is 53.3 Å². The van der Waals surface area contributed by atoms with Gasteiger partial charge in [-0.3, -0.25) is 9.00 Å². The van der Waals surface area contributed by atoms with Crippen molar-refractivity contribution in [2.45, 2.75) is 5.75 Å². The van der Waals surface area contributed by atoms with E-state index in [4.69, 9.17) is 11.6 Å². The molecule has 1 aliphatic rings. The summed E-state index contributed by atoms with van der Waals surface area (Å²) in [6, 6.07) is 10.5. The Morgan fingerprint density at radius 1 is 1.04 bits per heavy atom. The van der Waals surface area contributed by atoms with Gasteiger partial charge < -0.3 is 9.80 Å². The molecule has 1 saturated heterocycles. The lowest BCUT2D eigenvalue weighted by Gasteiger charge is -2.36. The van der Waals surface area contributed by atoms with Gasteiger partial charge in [0.05, 0.1) is 5.75 Å². The van der Waals surface area contributed by atoms with Crippen LogP contribution in [0, 0.1) is 11.6 Å². The second-order valence-corrected chi connectivity index (χ2v) is 8.14. The van der Waals surface area contributed by atoms with Crippen molar-refractivity contribution in [2.75, 3.05) is 36.8 Å². The second-order valence-electron chi connectivity index (χ2n) is 6.27. The SMILES string of the molecule is O=C(C[S@@](=O)Cc1c(F)cccc1Cl)N1CCN(c2ccc(F)cc2)CC1. The summed E-state index contributed by atoms with van der Waals surface area (Å²) in [4.78, 5) is 16.1. The Balaban J connectivity index is 1.52. The summed E-state index contributed by atoms with van der Waals surface area (Å²) >= 11 is 5.94. The van der Waals surface area contributed by atoms with Crippen LogP contribution >= 0.6 is 11.6 Å². The van der Waals surface area contributed by atoms with Crippen LogP contribution in [0.2, 0.25) is 5.02 Å². The minimum atomic E-state index is -1.54. The van der Waals surface area contributed by atoms with Crippen LogP contribution < -0.4 is 4.90 Å². The predicted molar refractivity (Wildman–Crippen MR) is 103 cm³/mol. The van der Waals surface area contributed by atoms with Crippen LogP contribution in [0.25, 0.3) is 0 Å². The summed E-state index contributed by atoms with van der Waals surface area (Å²) in [5, 5.41) is 0.212. The molecule has 1 aliphatic heterocycles. The highest BCUT2D eigenvalue weighted by molar-refractivity contribution is 7.84. The fraction of sp³-hybridized carbons (Fsp3) is 0.316. The summed E-state index contributed by atoms with van der Waals surface area (Å²) in [6.07, 6.45) is 0. The number of anilines is 1. The smallest absolute Gasteiger partial charge is 0.235 e. The van der Waals surface area contributed by atoms with Gasteiger partial charge >= 0.3 is 0 Å². The maximum atomic E-state index is 13.8. The highest BCUT2D eigenvalue weighted by Crippen LogP contribution is 2.21. The summed E-state index contributed by atoms with van der Waals surface area (Å²) in [6.45, 7) is 2.22. The van der Waals surface area contributed by atoms with Gasteiger partial charge in [-0.1, -0.05) is 17.7 Å². The predicted octanol–water partition coefficient (Wildman–Crippen LogP) is 3.22. The van der Waals surface area contributed by atoms with Crippen LogP contribution in [-0.2, 0) is 21.3 Å². The maximum Gasteiger partial charge on any atom is 0.235 e. The zero-order chi connectivity index (χ0) is 19.4. The first-order chi connectivity index (χ1) is 12.9. The van der Waals surface area contributed by atoms with Gasteiger partial charge in [-0.15, -0.1) is 0 Å². The van der Waals surface area contributed by atoms with Crippen molar-refractivity contribution in [2.24, 2.45) is 0 Å². The van der Waals surface area contributed by atoms with Gasteiger partial charge in [0.1, 0.15) is 17.4 Å². The number of carbonyl (C=O) groups is 1. The summed E-state index contributed by atoms with van der Waals surface area (Å²) in [7, 11) is -1.54. The standard InChI is InChI=1S/C19H19ClF2N2O2S/c20-17-2-1-3-18(22)16(17)12-27(26)13-19(25)24-10-8-23(9-11-24)15-6-4-14(21)5-7-15/h1-7H,8-13H2/t27-/m0/s1. The van der Waals surface area contributed by atoms with E-state index in [-0.39, 0.29) is 33.8 Å². The first kappa shape index (κ1) is 19.8. The van der Waals surface area contributed by atoms with E-state index in [1.54, 1.807) is 17.0 Å². The van der Waals surface area contributed by atoms with Gasteiger partial charge in [0.15, 0.2) is 0 Å². The van der Waals surface area contributed by atoms with E-state index < -0.39 is 16.6 Å². The topological polar surface area (TPSA) is 40.6 Å². The molecule has 144 valence electrons. The quantitative estimate of drug-likeness (QED) is 0.757. The Morgan fingerprint density at radius 2 is 1.70 bits per heavy atom. The Morgan fingerprint density at radius 3 is 2.33 bits per heavy atom. The number of amides is 1. The molecule has 1 heterocycles. The minimum Gasteiger partial charge on any atom is -0.368 e. The molecule has 2 aromatic carbocycles. The normalized spacial score (nSPS) is 15.7. The van der Waals surface area contributed by atoms with Crippen molar-refractivity contribution in [1.29, 1.82) is 0 Å². The molecule has 0 unspecified atom stereocenters. The number of halogens is 3. The molecule has 1 amide bonds. The van der Waals surface area contributed by atoms with Crippen LogP contribution in [0.15, 0.2) is 42.5 Å². The molecule has 8 heteroatoms. The number of piperazine rings is 1. The second kappa shape index (κ2) is 8.80. The minimum absolute atomic E-state index is 0.0905. The molecule has 0 N–H and O–H groups in total. The van der Waals surface area contributed by atoms with Crippen LogP contribution in [0.3, 0.4) is 0 Å². The zero-order valence-electron chi connectivity index (χ0n) is 14.5. The van der Waals surface area contributed by atoms with E-state index in [1.165, 1.54) is 30.3 Å². The highest BCUT2D eigenvalue weighted by Gasteiger charge is 2.23. The lowest BCUT2D eigenvalue weighted by molar-refractivity contribution is -0.128. The third-order valence-corrected chi connectivity index (χ3v) is 6.01.